The quantitative estimate of drug-likeness (QED) is 0.869. The van der Waals surface area contributed by atoms with Crippen molar-refractivity contribution in [3.05, 3.63) is 11.9 Å². The summed E-state index contributed by atoms with van der Waals surface area (Å²) in [6.07, 6.45) is 7.18. The van der Waals surface area contributed by atoms with E-state index in [1.54, 1.807) is 0 Å². The van der Waals surface area contributed by atoms with Gasteiger partial charge in [-0.2, -0.15) is 0 Å². The number of piperidine rings is 1. The van der Waals surface area contributed by atoms with Crippen LogP contribution in [-0.2, 0) is 6.54 Å². The Morgan fingerprint density at radius 3 is 3.06 bits per heavy atom. The molecular formula is C14H26N4. The zero-order valence-corrected chi connectivity index (χ0v) is 11.9. The van der Waals surface area contributed by atoms with Crippen molar-refractivity contribution in [1.82, 2.24) is 14.9 Å². The second kappa shape index (κ2) is 6.23. The van der Waals surface area contributed by atoms with Crippen LogP contribution in [0.4, 0.5) is 5.95 Å². The Morgan fingerprint density at radius 1 is 1.50 bits per heavy atom. The molecular weight excluding hydrogens is 224 g/mol. The van der Waals surface area contributed by atoms with Gasteiger partial charge in [0.05, 0.1) is 5.69 Å². The minimum absolute atomic E-state index is 0.607. The van der Waals surface area contributed by atoms with Crippen molar-refractivity contribution in [2.45, 2.75) is 52.1 Å². The van der Waals surface area contributed by atoms with Gasteiger partial charge in [-0.3, -0.25) is 0 Å². The van der Waals surface area contributed by atoms with Gasteiger partial charge in [-0.15, -0.1) is 0 Å². The summed E-state index contributed by atoms with van der Waals surface area (Å²) in [4.78, 5) is 7.15. The van der Waals surface area contributed by atoms with Gasteiger partial charge in [0.1, 0.15) is 0 Å². The molecule has 4 nitrogen and oxygen atoms in total. The van der Waals surface area contributed by atoms with Gasteiger partial charge in [0.2, 0.25) is 5.95 Å². The van der Waals surface area contributed by atoms with E-state index in [2.05, 4.69) is 41.9 Å². The molecule has 0 bridgehead atoms. The third kappa shape index (κ3) is 3.05. The van der Waals surface area contributed by atoms with Crippen molar-refractivity contribution in [2.24, 2.45) is 0 Å². The lowest BCUT2D eigenvalue weighted by atomic mass is 10.1. The summed E-state index contributed by atoms with van der Waals surface area (Å²) in [5.74, 6) is 1.17. The monoisotopic (exact) mass is 250 g/mol. The summed E-state index contributed by atoms with van der Waals surface area (Å²) in [5, 5.41) is 3.39. The van der Waals surface area contributed by atoms with Gasteiger partial charge < -0.3 is 14.8 Å². The van der Waals surface area contributed by atoms with Crippen LogP contribution in [0, 0.1) is 6.92 Å². The summed E-state index contributed by atoms with van der Waals surface area (Å²) in [5.41, 5.74) is 1.13. The lowest BCUT2D eigenvalue weighted by Gasteiger charge is -2.33. The topological polar surface area (TPSA) is 33.1 Å². The lowest BCUT2D eigenvalue weighted by molar-refractivity contribution is 0.440. The Bertz CT molecular complexity index is 372. The molecule has 1 aromatic heterocycles. The number of rotatable bonds is 5. The van der Waals surface area contributed by atoms with Gasteiger partial charge in [-0.05, 0) is 33.2 Å². The highest BCUT2D eigenvalue weighted by atomic mass is 15.3. The van der Waals surface area contributed by atoms with Crippen LogP contribution in [-0.4, -0.2) is 35.7 Å². The average molecular weight is 250 g/mol. The summed E-state index contributed by atoms with van der Waals surface area (Å²) in [6, 6.07) is 0.607. The molecule has 0 saturated carbocycles. The van der Waals surface area contributed by atoms with E-state index in [9.17, 15) is 0 Å². The fourth-order valence-electron chi connectivity index (χ4n) is 2.67. The lowest BCUT2D eigenvalue weighted by Crippen LogP contribution is -2.45. The molecule has 18 heavy (non-hydrogen) atoms. The van der Waals surface area contributed by atoms with Gasteiger partial charge in [0.25, 0.3) is 0 Å². The number of anilines is 1. The Balaban J connectivity index is 2.10. The van der Waals surface area contributed by atoms with Crippen molar-refractivity contribution in [3.8, 4) is 0 Å². The van der Waals surface area contributed by atoms with Crippen molar-refractivity contribution >= 4 is 5.95 Å². The van der Waals surface area contributed by atoms with Crippen molar-refractivity contribution in [1.29, 1.82) is 0 Å². The van der Waals surface area contributed by atoms with Gasteiger partial charge in [0, 0.05) is 31.9 Å². The standard InChI is InChI=1S/C14H26N4/c1-4-5-8-17-10-12(2)16-14(17)18-9-6-7-13(11-18)15-3/h10,13,15H,4-9,11H2,1-3H3. The average Bonchev–Trinajstić information content (AvgIpc) is 2.77. The van der Waals surface area contributed by atoms with Gasteiger partial charge >= 0.3 is 0 Å². The summed E-state index contributed by atoms with van der Waals surface area (Å²) < 4.78 is 2.33. The van der Waals surface area contributed by atoms with E-state index in [0.717, 1.165) is 25.3 Å². The first-order chi connectivity index (χ1) is 8.74. The van der Waals surface area contributed by atoms with Crippen LogP contribution in [0.3, 0.4) is 0 Å². The largest absolute Gasteiger partial charge is 0.341 e. The molecule has 1 atom stereocenters. The van der Waals surface area contributed by atoms with Gasteiger partial charge in [-0.25, -0.2) is 4.98 Å². The highest BCUT2D eigenvalue weighted by molar-refractivity contribution is 5.34. The van der Waals surface area contributed by atoms with Crippen molar-refractivity contribution in [2.75, 3.05) is 25.0 Å². The first kappa shape index (κ1) is 13.4. The van der Waals surface area contributed by atoms with Crippen LogP contribution in [0.15, 0.2) is 6.20 Å². The molecule has 1 aliphatic rings. The third-order valence-corrected chi connectivity index (χ3v) is 3.74. The van der Waals surface area contributed by atoms with E-state index in [1.165, 1.54) is 31.6 Å². The Kier molecular flexibility index (Phi) is 4.64. The second-order valence-corrected chi connectivity index (χ2v) is 5.30. The predicted molar refractivity (Wildman–Crippen MR) is 76.2 cm³/mol. The number of aromatic nitrogens is 2. The molecule has 1 aliphatic heterocycles. The molecule has 0 amide bonds. The van der Waals surface area contributed by atoms with Crippen LogP contribution >= 0.6 is 0 Å². The van der Waals surface area contributed by atoms with E-state index < -0.39 is 0 Å². The molecule has 4 heteroatoms. The molecule has 0 radical (unpaired) electrons. The summed E-state index contributed by atoms with van der Waals surface area (Å²) in [7, 11) is 2.06. The van der Waals surface area contributed by atoms with E-state index in [0.29, 0.717) is 6.04 Å². The third-order valence-electron chi connectivity index (χ3n) is 3.74. The molecule has 0 aromatic carbocycles. The van der Waals surface area contributed by atoms with Crippen LogP contribution in [0.1, 0.15) is 38.3 Å². The number of nitrogens with zero attached hydrogens (tertiary/aromatic N) is 3. The molecule has 0 aliphatic carbocycles. The zero-order valence-electron chi connectivity index (χ0n) is 11.9. The smallest absolute Gasteiger partial charge is 0.205 e. The van der Waals surface area contributed by atoms with E-state index >= 15 is 0 Å². The maximum absolute atomic E-state index is 4.72. The summed E-state index contributed by atoms with van der Waals surface area (Å²) >= 11 is 0. The molecule has 2 rings (SSSR count). The molecule has 1 fully saturated rings. The van der Waals surface area contributed by atoms with Gasteiger partial charge in [0.15, 0.2) is 0 Å². The number of likely N-dealkylation sites (N-methyl/N-ethyl adjacent to an activating group) is 1. The van der Waals surface area contributed by atoms with Crippen molar-refractivity contribution < 1.29 is 0 Å². The molecule has 0 spiro atoms. The second-order valence-electron chi connectivity index (χ2n) is 5.30. The maximum atomic E-state index is 4.72. The Morgan fingerprint density at radius 2 is 2.33 bits per heavy atom. The molecule has 1 N–H and O–H groups in total. The number of imidazole rings is 1. The number of hydrogen-bond donors (Lipinski definition) is 1. The fraction of sp³-hybridized carbons (Fsp3) is 0.786. The van der Waals surface area contributed by atoms with E-state index in [4.69, 9.17) is 4.98 Å². The Hall–Kier alpha value is -1.03. The molecule has 1 aromatic rings. The van der Waals surface area contributed by atoms with Crippen molar-refractivity contribution in [3.63, 3.8) is 0 Å². The highest BCUT2D eigenvalue weighted by Gasteiger charge is 2.22. The molecule has 2 heterocycles. The van der Waals surface area contributed by atoms with Gasteiger partial charge in [-0.1, -0.05) is 13.3 Å². The minimum atomic E-state index is 0.607. The van der Waals surface area contributed by atoms with E-state index in [1.807, 2.05) is 0 Å². The van der Waals surface area contributed by atoms with Crippen LogP contribution < -0.4 is 10.2 Å². The highest BCUT2D eigenvalue weighted by Crippen LogP contribution is 2.20. The van der Waals surface area contributed by atoms with E-state index in [-0.39, 0.29) is 0 Å². The number of unbranched alkanes of at least 4 members (excludes halogenated alkanes) is 1. The van der Waals surface area contributed by atoms with Crippen LogP contribution in [0.2, 0.25) is 0 Å². The van der Waals surface area contributed by atoms with Crippen LogP contribution in [0.25, 0.3) is 0 Å². The fourth-order valence-corrected chi connectivity index (χ4v) is 2.67. The van der Waals surface area contributed by atoms with Crippen LogP contribution in [0.5, 0.6) is 0 Å². The zero-order chi connectivity index (χ0) is 13.0. The first-order valence-electron chi connectivity index (χ1n) is 7.20. The minimum Gasteiger partial charge on any atom is -0.341 e. The Labute approximate surface area is 110 Å². The maximum Gasteiger partial charge on any atom is 0.205 e. The normalized spacial score (nSPS) is 20.4. The number of nitrogens with one attached hydrogen (secondary N) is 1. The number of aryl methyl sites for hydroxylation is 2. The molecule has 1 saturated heterocycles. The first-order valence-corrected chi connectivity index (χ1v) is 7.20. The number of hydrogen-bond acceptors (Lipinski definition) is 3. The molecule has 102 valence electrons. The summed E-state index contributed by atoms with van der Waals surface area (Å²) in [6.45, 7) is 7.64. The SMILES string of the molecule is CCCCn1cc(C)nc1N1CCCC(NC)C1. The molecule has 1 unspecified atom stereocenters. The predicted octanol–water partition coefficient (Wildman–Crippen LogP) is 2.18.